The van der Waals surface area contributed by atoms with E-state index >= 15 is 0 Å². The summed E-state index contributed by atoms with van der Waals surface area (Å²) in [5.74, 6) is 0. The molecular weight excluding hydrogens is 841 g/mol. The van der Waals surface area contributed by atoms with Crippen molar-refractivity contribution in [3.05, 3.63) is 0 Å². The smallest absolute Gasteiger partial charge is 0.315 e. The van der Waals surface area contributed by atoms with Gasteiger partial charge in [-0.25, -0.2) is 0 Å². The van der Waals surface area contributed by atoms with Gasteiger partial charge in [0.2, 0.25) is 0 Å². The van der Waals surface area contributed by atoms with Gasteiger partial charge in [-0.05, 0) is 136 Å². The van der Waals surface area contributed by atoms with Crippen LogP contribution in [0.15, 0.2) is 0 Å². The predicted octanol–water partition coefficient (Wildman–Crippen LogP) is 7.93. The second-order valence-corrected chi connectivity index (χ2v) is 34.0. The fourth-order valence-electron chi connectivity index (χ4n) is 6.10. The van der Waals surface area contributed by atoms with E-state index in [4.69, 9.17) is 64.8 Å². The Labute approximate surface area is 371 Å². The van der Waals surface area contributed by atoms with Crippen molar-refractivity contribution in [3.63, 3.8) is 0 Å². The van der Waals surface area contributed by atoms with Gasteiger partial charge in [-0.3, -0.25) is 0 Å². The highest BCUT2D eigenvalue weighted by atomic mass is 28.5. The molecule has 0 heterocycles. The normalized spacial score (nSPS) is 13.7. The molecule has 0 aromatic carbocycles. The first-order valence-electron chi connectivity index (χ1n) is 23.2. The van der Waals surface area contributed by atoms with Crippen molar-refractivity contribution in [2.45, 2.75) is 136 Å². The van der Waals surface area contributed by atoms with Crippen LogP contribution >= 0.6 is 0 Å². The summed E-state index contributed by atoms with van der Waals surface area (Å²) in [6, 6.07) is 0.918. The first kappa shape index (κ1) is 60.3. The minimum atomic E-state index is -2.37. The lowest BCUT2D eigenvalue weighted by Gasteiger charge is -2.41. The Kier molecular flexibility index (Phi) is 41.0. The fraction of sp³-hybridized carbons (Fsp3) is 1.00. The van der Waals surface area contributed by atoms with Crippen molar-refractivity contribution in [1.29, 1.82) is 0 Å². The Bertz CT molecular complexity index is 902. The number of aliphatic hydroxyl groups excluding tert-OH is 1. The van der Waals surface area contributed by atoms with Crippen molar-refractivity contribution in [3.8, 4) is 0 Å². The molecule has 60 heavy (non-hydrogen) atoms. The Morgan fingerprint density at radius 3 is 0.700 bits per heavy atom. The van der Waals surface area contributed by atoms with Gasteiger partial charge in [0.25, 0.3) is 0 Å². The van der Waals surface area contributed by atoms with E-state index in [2.05, 4.69) is 58.9 Å². The predicted molar refractivity (Wildman–Crippen MR) is 250 cm³/mol. The van der Waals surface area contributed by atoms with Gasteiger partial charge in [0, 0.05) is 139 Å². The van der Waals surface area contributed by atoms with E-state index in [9.17, 15) is 0 Å². The zero-order chi connectivity index (χ0) is 44.5. The van der Waals surface area contributed by atoms with Crippen LogP contribution in [-0.2, 0) is 59.7 Å². The van der Waals surface area contributed by atoms with Crippen LogP contribution in [0.4, 0.5) is 0 Å². The molecule has 0 aliphatic rings. The van der Waals surface area contributed by atoms with Crippen LogP contribution in [0.2, 0.25) is 65.0 Å². The zero-order valence-electron chi connectivity index (χ0n) is 40.1. The molecule has 0 aliphatic carbocycles. The number of ether oxygens (including phenoxy) is 10. The number of hydrogen-bond donors (Lipinski definition) is 1. The molecule has 0 aromatic rings. The standard InChI is InChI=1S/C42H94O14Si4/c1-57(2,3)54-59(7,8)56-60(9,55-58(4,5)6)42-20-41-53-40-19-39-52-38-18-37-51-36-17-35-50-34-16-33-49-32-15-31-48-30-14-29-47-28-13-27-46-26-12-25-45-24-11-23-44-22-10-21-43/h43H,10-42H2,1-9H3. The van der Waals surface area contributed by atoms with Gasteiger partial charge in [0.05, 0.1) is 0 Å². The Morgan fingerprint density at radius 2 is 0.483 bits per heavy atom. The highest BCUT2D eigenvalue weighted by molar-refractivity contribution is 6.89. The van der Waals surface area contributed by atoms with Crippen LogP contribution in [0.1, 0.15) is 70.6 Å². The molecular formula is C42H94O14Si4. The third kappa shape index (κ3) is 47.8. The summed E-state index contributed by atoms with van der Waals surface area (Å²) in [4.78, 5) is 0. The molecule has 0 radical (unpaired) electrons. The highest BCUT2D eigenvalue weighted by Crippen LogP contribution is 2.27. The molecule has 362 valence electrons. The molecule has 18 heteroatoms. The average Bonchev–Trinajstić information content (AvgIpc) is 3.14. The van der Waals surface area contributed by atoms with Crippen LogP contribution in [0.5, 0.6) is 0 Å². The molecule has 0 amide bonds. The van der Waals surface area contributed by atoms with Gasteiger partial charge in [0.15, 0.2) is 16.6 Å². The van der Waals surface area contributed by atoms with E-state index in [1.165, 1.54) is 0 Å². The van der Waals surface area contributed by atoms with Crippen LogP contribution in [-0.4, -0.2) is 178 Å². The molecule has 1 atom stereocenters. The van der Waals surface area contributed by atoms with Gasteiger partial charge in [-0.15, -0.1) is 0 Å². The van der Waals surface area contributed by atoms with Crippen molar-refractivity contribution in [2.75, 3.05) is 139 Å². The molecule has 1 unspecified atom stereocenters. The second-order valence-electron chi connectivity index (χ2n) is 17.6. The molecule has 0 fully saturated rings. The lowest BCUT2D eigenvalue weighted by Crippen LogP contribution is -2.56. The van der Waals surface area contributed by atoms with Gasteiger partial charge < -0.3 is 64.8 Å². The molecule has 0 saturated carbocycles. The molecule has 0 aliphatic heterocycles. The molecule has 0 rings (SSSR count). The summed E-state index contributed by atoms with van der Waals surface area (Å²) in [6.07, 6.45) is 9.63. The van der Waals surface area contributed by atoms with Gasteiger partial charge in [-0.2, -0.15) is 0 Å². The van der Waals surface area contributed by atoms with Gasteiger partial charge in [-0.1, -0.05) is 0 Å². The van der Waals surface area contributed by atoms with Gasteiger partial charge in [0.1, 0.15) is 0 Å². The first-order chi connectivity index (χ1) is 28.7. The number of hydrogen-bond acceptors (Lipinski definition) is 14. The van der Waals surface area contributed by atoms with E-state index in [1.54, 1.807) is 0 Å². The summed E-state index contributed by atoms with van der Waals surface area (Å²) in [6.45, 7) is 34.1. The summed E-state index contributed by atoms with van der Waals surface area (Å²) >= 11 is 0. The van der Waals surface area contributed by atoms with Crippen molar-refractivity contribution >= 4 is 33.8 Å². The topological polar surface area (TPSA) is 140 Å². The first-order valence-corrected chi connectivity index (χ1v) is 35.3. The summed E-state index contributed by atoms with van der Waals surface area (Å²) in [5.41, 5.74) is 0. The second kappa shape index (κ2) is 40.8. The van der Waals surface area contributed by atoms with Crippen LogP contribution in [0.25, 0.3) is 0 Å². The maximum Gasteiger partial charge on any atom is 0.315 e. The third-order valence-corrected chi connectivity index (χ3v) is 21.6. The summed E-state index contributed by atoms with van der Waals surface area (Å²) < 4.78 is 76.6. The fourth-order valence-corrected chi connectivity index (χ4v) is 24.0. The van der Waals surface area contributed by atoms with Crippen molar-refractivity contribution in [2.24, 2.45) is 0 Å². The minimum absolute atomic E-state index is 0.178. The van der Waals surface area contributed by atoms with Crippen LogP contribution in [0, 0.1) is 0 Å². The molecule has 0 spiro atoms. The van der Waals surface area contributed by atoms with E-state index in [0.29, 0.717) is 139 Å². The number of rotatable bonds is 49. The van der Waals surface area contributed by atoms with E-state index < -0.39 is 33.8 Å². The lowest BCUT2D eigenvalue weighted by atomic mass is 10.4. The average molecular weight is 936 g/mol. The SMILES string of the molecule is C[Si](C)(C)O[Si](C)(C)O[Si](C)(CCCOCCCOCCCOCCCOCCCOCCCOCCCOCCCOCCCOCCCOCCCO)O[Si](C)(C)C. The molecule has 0 bridgehead atoms. The molecule has 0 saturated heterocycles. The minimum Gasteiger partial charge on any atom is -0.437 e. The quantitative estimate of drug-likeness (QED) is 0.0467. The maximum absolute atomic E-state index is 8.69. The zero-order valence-corrected chi connectivity index (χ0v) is 44.1. The summed E-state index contributed by atoms with van der Waals surface area (Å²) in [5, 5.41) is 8.69. The largest absolute Gasteiger partial charge is 0.437 e. The van der Waals surface area contributed by atoms with Crippen LogP contribution in [0.3, 0.4) is 0 Å². The number of aliphatic hydroxyl groups is 1. The Morgan fingerprint density at radius 1 is 0.267 bits per heavy atom. The van der Waals surface area contributed by atoms with Crippen molar-refractivity contribution in [1.82, 2.24) is 0 Å². The Hall–Kier alpha value is 0.308. The Balaban J connectivity index is 3.38. The lowest BCUT2D eigenvalue weighted by molar-refractivity contribution is 0.0408. The summed E-state index contributed by atoms with van der Waals surface area (Å²) in [7, 11) is -8.08. The monoisotopic (exact) mass is 935 g/mol. The third-order valence-electron chi connectivity index (χ3n) is 8.10. The highest BCUT2D eigenvalue weighted by Gasteiger charge is 2.44. The molecule has 1 N–H and O–H groups in total. The van der Waals surface area contributed by atoms with Gasteiger partial charge >= 0.3 is 17.1 Å². The van der Waals surface area contributed by atoms with E-state index in [-0.39, 0.29) is 6.61 Å². The molecule has 14 nitrogen and oxygen atoms in total. The van der Waals surface area contributed by atoms with Crippen LogP contribution < -0.4 is 0 Å². The van der Waals surface area contributed by atoms with Crippen molar-refractivity contribution < 1.29 is 64.8 Å². The maximum atomic E-state index is 8.69. The van der Waals surface area contributed by atoms with E-state index in [0.717, 1.165) is 70.3 Å². The van der Waals surface area contributed by atoms with E-state index in [1.807, 2.05) is 0 Å². The molecule has 0 aromatic heterocycles.